The van der Waals surface area contributed by atoms with E-state index in [0.717, 1.165) is 38.5 Å². The maximum Gasteiger partial charge on any atom is 0.126 e. The molecule has 0 aliphatic carbocycles. The summed E-state index contributed by atoms with van der Waals surface area (Å²) in [6.45, 7) is 4.97. The van der Waals surface area contributed by atoms with Gasteiger partial charge in [-0.15, -0.1) is 0 Å². The summed E-state index contributed by atoms with van der Waals surface area (Å²) in [5, 5.41) is 9.33. The summed E-state index contributed by atoms with van der Waals surface area (Å²) >= 11 is 0. The Balaban J connectivity index is 1.31. The van der Waals surface area contributed by atoms with Gasteiger partial charge >= 0.3 is 0 Å². The van der Waals surface area contributed by atoms with Crippen molar-refractivity contribution in [2.24, 2.45) is 5.10 Å². The zero-order chi connectivity index (χ0) is 17.6. The first-order valence-electron chi connectivity index (χ1n) is 9.06. The van der Waals surface area contributed by atoms with E-state index >= 15 is 0 Å². The summed E-state index contributed by atoms with van der Waals surface area (Å²) in [6.07, 6.45) is 7.34. The maximum atomic E-state index is 5.26. The highest BCUT2D eigenvalue weighted by atomic mass is 16.3. The molecule has 1 saturated heterocycles. The summed E-state index contributed by atoms with van der Waals surface area (Å²) in [4.78, 5) is 2.51. The molecule has 1 aliphatic rings. The molecule has 2 aromatic carbocycles. The second kappa shape index (κ2) is 8.02. The fourth-order valence-electron chi connectivity index (χ4n) is 3.34. The zero-order valence-corrected chi connectivity index (χ0v) is 14.8. The Bertz CT molecular complexity index is 885. The number of nitrogens with zero attached hydrogens (tertiary/aromatic N) is 3. The number of hydrazone groups is 1. The van der Waals surface area contributed by atoms with Crippen LogP contribution in [0.3, 0.4) is 0 Å². The number of hydrogen-bond acceptors (Lipinski definition) is 4. The van der Waals surface area contributed by atoms with E-state index in [1.165, 1.54) is 16.3 Å². The number of furan rings is 1. The van der Waals surface area contributed by atoms with Crippen molar-refractivity contribution in [3.63, 3.8) is 0 Å². The van der Waals surface area contributed by atoms with Gasteiger partial charge in [0.05, 0.1) is 6.26 Å². The van der Waals surface area contributed by atoms with Crippen molar-refractivity contribution in [2.75, 3.05) is 26.2 Å². The van der Waals surface area contributed by atoms with Crippen molar-refractivity contribution in [3.8, 4) is 0 Å². The van der Waals surface area contributed by atoms with E-state index in [0.29, 0.717) is 0 Å². The van der Waals surface area contributed by atoms with Gasteiger partial charge in [-0.1, -0.05) is 42.5 Å². The molecule has 0 spiro atoms. The van der Waals surface area contributed by atoms with Gasteiger partial charge in [-0.3, -0.25) is 9.91 Å². The smallest absolute Gasteiger partial charge is 0.126 e. The molecule has 4 heteroatoms. The molecule has 132 valence electrons. The van der Waals surface area contributed by atoms with Crippen LogP contribution in [0.2, 0.25) is 0 Å². The minimum Gasteiger partial charge on any atom is -0.465 e. The molecule has 0 atom stereocenters. The maximum absolute atomic E-state index is 5.26. The van der Waals surface area contributed by atoms with Crippen LogP contribution in [0, 0.1) is 0 Å². The average molecular weight is 345 g/mol. The second-order valence-corrected chi connectivity index (χ2v) is 6.51. The summed E-state index contributed by atoms with van der Waals surface area (Å²) in [7, 11) is 0. The van der Waals surface area contributed by atoms with Gasteiger partial charge in [0.1, 0.15) is 5.76 Å². The molecule has 0 unspecified atom stereocenters. The third kappa shape index (κ3) is 4.03. The van der Waals surface area contributed by atoms with Crippen molar-refractivity contribution in [2.45, 2.75) is 6.54 Å². The van der Waals surface area contributed by atoms with Gasteiger partial charge in [0.25, 0.3) is 0 Å². The van der Waals surface area contributed by atoms with Gasteiger partial charge < -0.3 is 4.42 Å². The zero-order valence-electron chi connectivity index (χ0n) is 14.8. The first-order valence-corrected chi connectivity index (χ1v) is 9.06. The largest absolute Gasteiger partial charge is 0.465 e. The fourth-order valence-corrected chi connectivity index (χ4v) is 3.34. The Morgan fingerprint density at radius 3 is 2.62 bits per heavy atom. The molecule has 3 aromatic rings. The predicted molar refractivity (Wildman–Crippen MR) is 107 cm³/mol. The third-order valence-electron chi connectivity index (χ3n) is 4.74. The van der Waals surface area contributed by atoms with Gasteiger partial charge in [0.2, 0.25) is 0 Å². The van der Waals surface area contributed by atoms with Crippen LogP contribution < -0.4 is 0 Å². The van der Waals surface area contributed by atoms with Gasteiger partial charge in [-0.2, -0.15) is 5.10 Å². The Morgan fingerprint density at radius 1 is 0.923 bits per heavy atom. The lowest BCUT2D eigenvalue weighted by molar-refractivity contribution is 0.131. The lowest BCUT2D eigenvalue weighted by Gasteiger charge is -2.33. The molecule has 2 heterocycles. The molecule has 0 bridgehead atoms. The number of piperazine rings is 1. The molecule has 4 nitrogen and oxygen atoms in total. The number of allylic oxidation sites excluding steroid dienone is 1. The van der Waals surface area contributed by atoms with Crippen LogP contribution in [0.1, 0.15) is 11.3 Å². The van der Waals surface area contributed by atoms with E-state index < -0.39 is 0 Å². The van der Waals surface area contributed by atoms with E-state index in [2.05, 4.69) is 57.5 Å². The highest BCUT2D eigenvalue weighted by Gasteiger charge is 2.16. The molecule has 0 N–H and O–H groups in total. The second-order valence-electron chi connectivity index (χ2n) is 6.51. The summed E-state index contributed by atoms with van der Waals surface area (Å²) in [6, 6.07) is 19.0. The van der Waals surface area contributed by atoms with Crippen LogP contribution in [0.25, 0.3) is 16.8 Å². The fraction of sp³-hybridized carbons (Fsp3) is 0.227. The van der Waals surface area contributed by atoms with Crippen LogP contribution in [-0.2, 0) is 6.54 Å². The van der Waals surface area contributed by atoms with Crippen molar-refractivity contribution < 1.29 is 4.42 Å². The first kappa shape index (κ1) is 16.6. The SMILES string of the molecule is C(=Cc1ccco1)C=NN1CCN(Cc2cccc3ccccc23)CC1. The highest BCUT2D eigenvalue weighted by Crippen LogP contribution is 2.20. The molecule has 4 rings (SSSR count). The van der Waals surface area contributed by atoms with E-state index in [-0.39, 0.29) is 0 Å². The Hall–Kier alpha value is -2.85. The standard InChI is InChI=1S/C22H23N3O/c1-2-11-22-19(6-1)7-3-8-20(22)18-24-13-15-25(16-14-24)23-12-4-9-21-10-5-17-26-21/h1-12,17H,13-16,18H2. The Labute approximate surface area is 154 Å². The van der Waals surface area contributed by atoms with Crippen molar-refractivity contribution in [1.29, 1.82) is 0 Å². The minimum atomic E-state index is 0.844. The highest BCUT2D eigenvalue weighted by molar-refractivity contribution is 5.85. The van der Waals surface area contributed by atoms with Crippen molar-refractivity contribution in [3.05, 3.63) is 78.3 Å². The number of rotatable bonds is 5. The van der Waals surface area contributed by atoms with Crippen molar-refractivity contribution in [1.82, 2.24) is 9.91 Å². The van der Waals surface area contributed by atoms with Gasteiger partial charge in [0, 0.05) is 38.9 Å². The summed E-state index contributed by atoms with van der Waals surface area (Å²) in [5.41, 5.74) is 1.40. The van der Waals surface area contributed by atoms with Crippen LogP contribution in [0.15, 0.2) is 76.5 Å². The third-order valence-corrected chi connectivity index (χ3v) is 4.74. The lowest BCUT2D eigenvalue weighted by Crippen LogP contribution is -2.43. The van der Waals surface area contributed by atoms with Crippen LogP contribution in [0.5, 0.6) is 0 Å². The average Bonchev–Trinajstić information content (AvgIpc) is 3.20. The quantitative estimate of drug-likeness (QED) is 0.648. The number of hydrogen-bond donors (Lipinski definition) is 0. The van der Waals surface area contributed by atoms with Gasteiger partial charge in [-0.25, -0.2) is 0 Å². The molecular weight excluding hydrogens is 322 g/mol. The van der Waals surface area contributed by atoms with Crippen LogP contribution in [-0.4, -0.2) is 42.3 Å². The monoisotopic (exact) mass is 345 g/mol. The van der Waals surface area contributed by atoms with Gasteiger partial charge in [-0.05, 0) is 40.6 Å². The predicted octanol–water partition coefficient (Wildman–Crippen LogP) is 4.25. The first-order chi connectivity index (χ1) is 12.9. The molecule has 0 radical (unpaired) electrons. The molecule has 26 heavy (non-hydrogen) atoms. The van der Waals surface area contributed by atoms with Crippen LogP contribution >= 0.6 is 0 Å². The molecular formula is C22H23N3O. The van der Waals surface area contributed by atoms with Crippen LogP contribution in [0.4, 0.5) is 0 Å². The van der Waals surface area contributed by atoms with E-state index in [1.807, 2.05) is 30.5 Å². The molecule has 1 aliphatic heterocycles. The summed E-state index contributed by atoms with van der Waals surface area (Å²) in [5.74, 6) is 0.844. The van der Waals surface area contributed by atoms with Crippen molar-refractivity contribution >= 4 is 23.1 Å². The minimum absolute atomic E-state index is 0.844. The lowest BCUT2D eigenvalue weighted by atomic mass is 10.0. The summed E-state index contributed by atoms with van der Waals surface area (Å²) < 4.78 is 5.26. The van der Waals surface area contributed by atoms with E-state index in [9.17, 15) is 0 Å². The number of benzene rings is 2. The Kier molecular flexibility index (Phi) is 5.12. The van der Waals surface area contributed by atoms with E-state index in [4.69, 9.17) is 4.42 Å². The molecule has 1 aromatic heterocycles. The molecule has 0 amide bonds. The molecule has 0 saturated carbocycles. The topological polar surface area (TPSA) is 32.0 Å². The number of fused-ring (bicyclic) bond motifs is 1. The van der Waals surface area contributed by atoms with E-state index in [1.54, 1.807) is 6.26 Å². The molecule has 1 fully saturated rings. The normalized spacial score (nSPS) is 16.2. The van der Waals surface area contributed by atoms with Gasteiger partial charge in [0.15, 0.2) is 0 Å². The Morgan fingerprint density at radius 2 is 1.77 bits per heavy atom.